The average Bonchev–Trinajstić information content (AvgIpc) is 3.54. The van der Waals surface area contributed by atoms with Gasteiger partial charge in [-0.25, -0.2) is 9.59 Å². The number of carbonyl (C=O) groups is 3. The molecule has 2 fully saturated rings. The molecule has 3 aromatic carbocycles. The van der Waals surface area contributed by atoms with Crippen molar-refractivity contribution in [3.63, 3.8) is 0 Å². The quantitative estimate of drug-likeness (QED) is 0.137. The zero-order valence-corrected chi connectivity index (χ0v) is 31.8. The maximum Gasteiger partial charge on any atom is 0.519 e. The first-order valence-electron chi connectivity index (χ1n) is 17.4. The topological polar surface area (TPSA) is 144 Å². The predicted molar refractivity (Wildman–Crippen MR) is 197 cm³/mol. The summed E-state index contributed by atoms with van der Waals surface area (Å²) in [6, 6.07) is 13.2. The summed E-state index contributed by atoms with van der Waals surface area (Å²) in [5, 5.41) is 1.70. The number of hydrogen-bond acceptors (Lipinski definition) is 12. The molecule has 0 radical (unpaired) electrons. The fraction of sp³-hybridized carbons (Fsp3) is 0.410. The first-order chi connectivity index (χ1) is 26.0. The van der Waals surface area contributed by atoms with Crippen LogP contribution >= 0.6 is 23.2 Å². The van der Waals surface area contributed by atoms with Gasteiger partial charge < -0.3 is 42.9 Å². The van der Waals surface area contributed by atoms with Gasteiger partial charge in [-0.1, -0.05) is 23.2 Å². The van der Waals surface area contributed by atoms with Crippen LogP contribution in [0, 0.1) is 17.8 Å². The Bertz CT molecular complexity index is 2040. The number of aromatic nitrogens is 1. The van der Waals surface area contributed by atoms with E-state index >= 15 is 0 Å². The molecule has 1 aromatic heterocycles. The van der Waals surface area contributed by atoms with E-state index in [2.05, 4.69) is 16.0 Å². The highest BCUT2D eigenvalue weighted by Crippen LogP contribution is 2.51. The zero-order valence-electron chi connectivity index (χ0n) is 30.3. The number of esters is 2. The first kappa shape index (κ1) is 37.6. The van der Waals surface area contributed by atoms with E-state index in [1.165, 1.54) is 69.7 Å². The number of fused-ring (bicyclic) bond motifs is 6. The van der Waals surface area contributed by atoms with Gasteiger partial charge in [0, 0.05) is 52.9 Å². The lowest BCUT2D eigenvalue weighted by Crippen LogP contribution is -2.58. The molecule has 1 saturated carbocycles. The predicted octanol–water partition coefficient (Wildman–Crippen LogP) is 7.05. The van der Waals surface area contributed by atoms with E-state index in [0.717, 1.165) is 29.9 Å². The molecule has 15 heteroatoms. The Morgan fingerprint density at radius 2 is 1.56 bits per heavy atom. The molecule has 13 nitrogen and oxygen atoms in total. The van der Waals surface area contributed by atoms with Crippen LogP contribution in [0.5, 0.6) is 28.7 Å². The van der Waals surface area contributed by atoms with E-state index in [1.807, 2.05) is 12.1 Å². The summed E-state index contributed by atoms with van der Waals surface area (Å²) in [6.07, 6.45) is -0.631. The summed E-state index contributed by atoms with van der Waals surface area (Å²) in [5.74, 6) is -1.19. The second kappa shape index (κ2) is 15.6. The van der Waals surface area contributed by atoms with Crippen molar-refractivity contribution in [2.75, 3.05) is 48.6 Å². The summed E-state index contributed by atoms with van der Waals surface area (Å²) in [5.41, 5.74) is 3.53. The van der Waals surface area contributed by atoms with E-state index in [-0.39, 0.29) is 56.5 Å². The van der Waals surface area contributed by atoms with Gasteiger partial charge in [0.2, 0.25) is 5.75 Å². The minimum Gasteiger partial charge on any atom is -0.497 e. The first-order valence-corrected chi connectivity index (χ1v) is 18.2. The second-order valence-electron chi connectivity index (χ2n) is 13.5. The Morgan fingerprint density at radius 3 is 2.20 bits per heavy atom. The van der Waals surface area contributed by atoms with E-state index in [0.29, 0.717) is 19.4 Å². The van der Waals surface area contributed by atoms with Gasteiger partial charge in [0.05, 0.1) is 46.0 Å². The van der Waals surface area contributed by atoms with Crippen LogP contribution in [-0.2, 0) is 25.4 Å². The van der Waals surface area contributed by atoms with E-state index in [4.69, 9.17) is 61.1 Å². The highest BCUT2D eigenvalue weighted by molar-refractivity contribution is 6.34. The molecule has 1 saturated heterocycles. The number of methoxy groups -OCH3 is 5. The van der Waals surface area contributed by atoms with Gasteiger partial charge >= 0.3 is 18.1 Å². The number of hydrogen-bond donors (Lipinski definition) is 1. The van der Waals surface area contributed by atoms with Gasteiger partial charge in [-0.05, 0) is 79.1 Å². The molecule has 3 aliphatic rings. The minimum absolute atomic E-state index is 0.0000233. The van der Waals surface area contributed by atoms with Crippen molar-refractivity contribution in [2.24, 2.45) is 17.8 Å². The van der Waals surface area contributed by atoms with Gasteiger partial charge in [0.25, 0.3) is 0 Å². The Balaban J connectivity index is 1.12. The summed E-state index contributed by atoms with van der Waals surface area (Å²) in [7, 11) is 7.21. The lowest BCUT2D eigenvalue weighted by molar-refractivity contribution is -0.176. The number of H-pyrrole nitrogens is 1. The summed E-state index contributed by atoms with van der Waals surface area (Å²) < 4.78 is 44.6. The van der Waals surface area contributed by atoms with E-state index in [9.17, 15) is 14.4 Å². The van der Waals surface area contributed by atoms with Crippen LogP contribution < -0.4 is 23.7 Å². The number of piperidine rings is 1. The third-order valence-corrected chi connectivity index (χ3v) is 11.2. The molecule has 1 N–H and O–H groups in total. The third-order valence-electron chi connectivity index (χ3n) is 10.8. The number of rotatable bonds is 9. The molecule has 3 heterocycles. The maximum absolute atomic E-state index is 13.9. The largest absolute Gasteiger partial charge is 0.519 e. The van der Waals surface area contributed by atoms with Crippen LogP contribution in [0.25, 0.3) is 10.9 Å². The molecule has 0 unspecified atom stereocenters. The van der Waals surface area contributed by atoms with Crippen LogP contribution in [0.1, 0.15) is 40.5 Å². The van der Waals surface area contributed by atoms with Gasteiger partial charge in [-0.15, -0.1) is 0 Å². The van der Waals surface area contributed by atoms with Crippen molar-refractivity contribution in [2.45, 2.75) is 37.5 Å². The Kier molecular flexibility index (Phi) is 10.9. The molecule has 0 spiro atoms. The zero-order chi connectivity index (χ0) is 38.3. The number of ether oxygens (including phenoxy) is 8. The highest BCUT2D eigenvalue weighted by Gasteiger charge is 2.54. The van der Waals surface area contributed by atoms with Crippen molar-refractivity contribution >= 4 is 52.2 Å². The van der Waals surface area contributed by atoms with Crippen molar-refractivity contribution < 1.29 is 52.3 Å². The maximum atomic E-state index is 13.9. The number of nitrogens with zero attached hydrogens (tertiary/aromatic N) is 1. The van der Waals surface area contributed by atoms with Crippen molar-refractivity contribution in [3.8, 4) is 28.7 Å². The number of halogens is 2. The molecule has 4 aromatic rings. The van der Waals surface area contributed by atoms with Crippen molar-refractivity contribution in [3.05, 3.63) is 75.4 Å². The summed E-state index contributed by atoms with van der Waals surface area (Å²) in [6.45, 7) is 1.56. The molecule has 286 valence electrons. The van der Waals surface area contributed by atoms with Crippen LogP contribution in [0.15, 0.2) is 48.5 Å². The second-order valence-corrected chi connectivity index (χ2v) is 14.4. The smallest absolute Gasteiger partial charge is 0.497 e. The van der Waals surface area contributed by atoms with Gasteiger partial charge in [-0.2, -0.15) is 0 Å². The standard InChI is InChI=1S/C39H40Cl2N2O11/c1-47-23-6-7-25-26-8-9-43-18-20-12-32(36(50-4)33(38(45)51-5)27(20)17-29(43)34(26)42-28(25)16-23)53-37(44)19-10-30(48-2)35(31(11-19)49-3)54-39(46)52-24-14-21(40)13-22(41)15-24/h6-7,10-11,13-16,20,27,29,32-33,36,42H,8-9,12,17-18H2,1-5H3/t20-,27+,29-,32-,33+,36+/m1/s1. The highest BCUT2D eigenvalue weighted by atomic mass is 35.5. The summed E-state index contributed by atoms with van der Waals surface area (Å²) >= 11 is 12.0. The monoisotopic (exact) mass is 782 g/mol. The van der Waals surface area contributed by atoms with E-state index in [1.54, 1.807) is 7.11 Å². The normalized spacial score (nSPS) is 23.3. The molecular weight excluding hydrogens is 743 g/mol. The number of carbonyl (C=O) groups excluding carboxylic acids is 3. The molecular formula is C39H40Cl2N2O11. The van der Waals surface area contributed by atoms with Crippen LogP contribution in [0.3, 0.4) is 0 Å². The molecule has 6 atom stereocenters. The lowest BCUT2D eigenvalue weighted by Gasteiger charge is -2.52. The number of aromatic amines is 1. The molecule has 2 aliphatic heterocycles. The molecule has 1 aliphatic carbocycles. The Labute approximate surface area is 321 Å². The Morgan fingerprint density at radius 1 is 0.833 bits per heavy atom. The van der Waals surface area contributed by atoms with Crippen molar-refractivity contribution in [1.29, 1.82) is 0 Å². The summed E-state index contributed by atoms with van der Waals surface area (Å²) in [4.78, 5) is 46.3. The van der Waals surface area contributed by atoms with Gasteiger partial charge in [0.1, 0.15) is 23.7 Å². The third kappa shape index (κ3) is 7.13. The Hall–Kier alpha value is -4.69. The number of benzene rings is 3. The number of nitrogens with one attached hydrogen (secondary N) is 1. The molecule has 54 heavy (non-hydrogen) atoms. The fourth-order valence-electron chi connectivity index (χ4n) is 8.45. The fourth-order valence-corrected chi connectivity index (χ4v) is 8.96. The lowest BCUT2D eigenvalue weighted by atomic mass is 9.63. The van der Waals surface area contributed by atoms with E-state index < -0.39 is 36.2 Å². The van der Waals surface area contributed by atoms with Gasteiger partial charge in [0.15, 0.2) is 11.5 Å². The van der Waals surface area contributed by atoms with Crippen LogP contribution in [0.2, 0.25) is 10.0 Å². The van der Waals surface area contributed by atoms with Crippen LogP contribution in [0.4, 0.5) is 4.79 Å². The van der Waals surface area contributed by atoms with Crippen LogP contribution in [-0.4, -0.2) is 88.8 Å². The molecule has 7 rings (SSSR count). The SMILES string of the molecule is COC(=O)[C@H]1[C@H]2C[C@@H]3c4[nH]c5cc(OC)ccc5c4CCN3C[C@H]2C[C@@H](OC(=O)c2cc(OC)c(OC(=O)Oc3cc(Cl)cc(Cl)c3)c(OC)c2)[C@@H]1OC. The molecule has 0 bridgehead atoms. The van der Waals surface area contributed by atoms with Gasteiger partial charge in [-0.3, -0.25) is 9.69 Å². The van der Waals surface area contributed by atoms with Crippen molar-refractivity contribution in [1.82, 2.24) is 9.88 Å². The minimum atomic E-state index is -1.13. The average molecular weight is 784 g/mol. The molecule has 0 amide bonds.